The lowest BCUT2D eigenvalue weighted by molar-refractivity contribution is 0.0866. The lowest BCUT2D eigenvalue weighted by Crippen LogP contribution is -2.21. The van der Waals surface area contributed by atoms with Crippen molar-refractivity contribution < 1.29 is 9.59 Å². The monoisotopic (exact) mass is 178 g/mol. The number of Topliss-reactive ketones (excluding diaryl/α,β-unsaturated/α-hetero) is 1. The van der Waals surface area contributed by atoms with Gasteiger partial charge in [-0.2, -0.15) is 5.10 Å². The Morgan fingerprint density at radius 1 is 1.54 bits per heavy atom. The summed E-state index contributed by atoms with van der Waals surface area (Å²) in [4.78, 5) is 22.4. The molecule has 0 amide bonds. The number of nitrogens with zero attached hydrogens (tertiary/aromatic N) is 2. The molecule has 4 heteroatoms. The van der Waals surface area contributed by atoms with Crippen LogP contribution in [0.25, 0.3) is 0 Å². The fourth-order valence-corrected chi connectivity index (χ4v) is 1.64. The Bertz CT molecular complexity index is 365. The molecular formula is C9H10N2O2. The predicted octanol–water partition coefficient (Wildman–Crippen LogP) is 1.06. The van der Waals surface area contributed by atoms with Crippen molar-refractivity contribution >= 4 is 11.7 Å². The molecule has 2 rings (SSSR count). The van der Waals surface area contributed by atoms with Crippen LogP contribution in [0.5, 0.6) is 0 Å². The highest BCUT2D eigenvalue weighted by Crippen LogP contribution is 2.18. The van der Waals surface area contributed by atoms with Crippen molar-refractivity contribution in [2.24, 2.45) is 0 Å². The van der Waals surface area contributed by atoms with Gasteiger partial charge in [-0.15, -0.1) is 0 Å². The summed E-state index contributed by atoms with van der Waals surface area (Å²) in [6.07, 6.45) is 3.62. The van der Waals surface area contributed by atoms with Crippen molar-refractivity contribution in [1.82, 2.24) is 9.78 Å². The summed E-state index contributed by atoms with van der Waals surface area (Å²) in [7, 11) is 0. The molecule has 4 nitrogen and oxygen atoms in total. The Balaban J connectivity index is 2.53. The van der Waals surface area contributed by atoms with Crippen LogP contribution in [0.3, 0.4) is 0 Å². The molecule has 0 bridgehead atoms. The van der Waals surface area contributed by atoms with E-state index < -0.39 is 0 Å². The fourth-order valence-electron chi connectivity index (χ4n) is 1.64. The highest BCUT2D eigenvalue weighted by Gasteiger charge is 2.22. The predicted molar refractivity (Wildman–Crippen MR) is 45.8 cm³/mol. The summed E-state index contributed by atoms with van der Waals surface area (Å²) in [5.41, 5.74) is 1.37. The van der Waals surface area contributed by atoms with E-state index in [1.807, 2.05) is 0 Å². The first kappa shape index (κ1) is 8.16. The molecule has 0 radical (unpaired) electrons. The quantitative estimate of drug-likeness (QED) is 0.604. The molecule has 1 aliphatic heterocycles. The van der Waals surface area contributed by atoms with Crippen molar-refractivity contribution in [2.75, 3.05) is 0 Å². The molecule has 0 spiro atoms. The minimum atomic E-state index is -0.0176. The van der Waals surface area contributed by atoms with Crippen LogP contribution in [0.2, 0.25) is 0 Å². The van der Waals surface area contributed by atoms with Crippen LogP contribution in [0.15, 0.2) is 6.20 Å². The second-order valence-corrected chi connectivity index (χ2v) is 3.22. The van der Waals surface area contributed by atoms with E-state index in [1.54, 1.807) is 0 Å². The average molecular weight is 178 g/mol. The third-order valence-corrected chi connectivity index (χ3v) is 2.29. The molecule has 68 valence electrons. The molecule has 0 aliphatic carbocycles. The standard InChI is InChI=1S/C9H10N2O2/c1-6(12)7-5-10-11-8(7)3-2-4-9(11)13/h5H,2-4H2,1H3. The van der Waals surface area contributed by atoms with Gasteiger partial charge in [-0.05, 0) is 19.8 Å². The number of aromatic nitrogens is 2. The van der Waals surface area contributed by atoms with Gasteiger partial charge >= 0.3 is 0 Å². The molecule has 0 atom stereocenters. The molecule has 0 fully saturated rings. The molecule has 1 aromatic heterocycles. The minimum Gasteiger partial charge on any atom is -0.294 e. The van der Waals surface area contributed by atoms with Gasteiger partial charge in [0.15, 0.2) is 5.78 Å². The van der Waals surface area contributed by atoms with Gasteiger partial charge in [0.2, 0.25) is 5.91 Å². The van der Waals surface area contributed by atoms with Gasteiger partial charge in [-0.1, -0.05) is 0 Å². The van der Waals surface area contributed by atoms with Crippen LogP contribution in [0.4, 0.5) is 0 Å². The number of carbonyl (C=O) groups excluding carboxylic acids is 2. The zero-order valence-electron chi connectivity index (χ0n) is 7.41. The van der Waals surface area contributed by atoms with Gasteiger partial charge in [-0.25, -0.2) is 4.68 Å². The largest absolute Gasteiger partial charge is 0.294 e. The summed E-state index contributed by atoms with van der Waals surface area (Å²) in [5, 5.41) is 3.91. The molecule has 0 N–H and O–H groups in total. The van der Waals surface area contributed by atoms with E-state index in [4.69, 9.17) is 0 Å². The molecule has 0 aromatic carbocycles. The van der Waals surface area contributed by atoms with Gasteiger partial charge in [0.25, 0.3) is 0 Å². The Kier molecular flexibility index (Phi) is 1.76. The Morgan fingerprint density at radius 3 is 3.00 bits per heavy atom. The van der Waals surface area contributed by atoms with Gasteiger partial charge in [-0.3, -0.25) is 9.59 Å². The molecule has 0 saturated heterocycles. The van der Waals surface area contributed by atoms with Gasteiger partial charge < -0.3 is 0 Å². The maximum atomic E-state index is 11.3. The third-order valence-electron chi connectivity index (χ3n) is 2.29. The number of hydrogen-bond acceptors (Lipinski definition) is 3. The van der Waals surface area contributed by atoms with Crippen molar-refractivity contribution in [3.05, 3.63) is 17.5 Å². The van der Waals surface area contributed by atoms with Crippen LogP contribution < -0.4 is 0 Å². The first-order chi connectivity index (χ1) is 6.20. The number of hydrogen-bond donors (Lipinski definition) is 0. The summed E-state index contributed by atoms with van der Waals surface area (Å²) in [6.45, 7) is 1.50. The van der Waals surface area contributed by atoms with E-state index >= 15 is 0 Å². The van der Waals surface area contributed by atoms with Crippen molar-refractivity contribution in [1.29, 1.82) is 0 Å². The van der Waals surface area contributed by atoms with E-state index in [9.17, 15) is 9.59 Å². The smallest absolute Gasteiger partial charge is 0.247 e. The molecule has 13 heavy (non-hydrogen) atoms. The van der Waals surface area contributed by atoms with E-state index in [1.165, 1.54) is 17.8 Å². The topological polar surface area (TPSA) is 52.0 Å². The molecule has 0 saturated carbocycles. The van der Waals surface area contributed by atoms with Crippen molar-refractivity contribution in [2.45, 2.75) is 26.2 Å². The number of carbonyl (C=O) groups is 2. The second kappa shape index (κ2) is 2.80. The highest BCUT2D eigenvalue weighted by molar-refractivity contribution is 5.96. The second-order valence-electron chi connectivity index (χ2n) is 3.22. The lowest BCUT2D eigenvalue weighted by Gasteiger charge is -2.12. The lowest BCUT2D eigenvalue weighted by atomic mass is 10.0. The maximum absolute atomic E-state index is 11.3. The van der Waals surface area contributed by atoms with Crippen LogP contribution >= 0.6 is 0 Å². The summed E-state index contributed by atoms with van der Waals surface area (Å²) >= 11 is 0. The Hall–Kier alpha value is -1.45. The molecular weight excluding hydrogens is 168 g/mol. The molecule has 1 aliphatic rings. The van der Waals surface area contributed by atoms with Gasteiger partial charge in [0, 0.05) is 6.42 Å². The zero-order valence-corrected chi connectivity index (χ0v) is 7.41. The highest BCUT2D eigenvalue weighted by atomic mass is 16.2. The first-order valence-electron chi connectivity index (χ1n) is 4.31. The summed E-state index contributed by atoms with van der Waals surface area (Å²) in [6, 6.07) is 0. The van der Waals surface area contributed by atoms with E-state index in [0.29, 0.717) is 12.0 Å². The first-order valence-corrected chi connectivity index (χ1v) is 4.31. The average Bonchev–Trinajstić information content (AvgIpc) is 2.48. The van der Waals surface area contributed by atoms with E-state index in [2.05, 4.69) is 5.10 Å². The molecule has 0 unspecified atom stereocenters. The number of rotatable bonds is 1. The number of ketones is 1. The zero-order chi connectivity index (χ0) is 9.42. The van der Waals surface area contributed by atoms with Crippen LogP contribution in [-0.2, 0) is 6.42 Å². The van der Waals surface area contributed by atoms with Crippen LogP contribution in [0.1, 0.15) is 40.6 Å². The Labute approximate surface area is 75.5 Å². The fraction of sp³-hybridized carbons (Fsp3) is 0.444. The van der Waals surface area contributed by atoms with E-state index in [-0.39, 0.29) is 11.7 Å². The van der Waals surface area contributed by atoms with E-state index in [0.717, 1.165) is 18.5 Å². The molecule has 1 aromatic rings. The van der Waals surface area contributed by atoms with Crippen LogP contribution in [0, 0.1) is 0 Å². The third kappa shape index (κ3) is 1.18. The van der Waals surface area contributed by atoms with Crippen LogP contribution in [-0.4, -0.2) is 21.5 Å². The summed E-state index contributed by atoms with van der Waals surface area (Å²) < 4.78 is 1.36. The van der Waals surface area contributed by atoms with Crippen molar-refractivity contribution in [3.63, 3.8) is 0 Å². The van der Waals surface area contributed by atoms with Crippen molar-refractivity contribution in [3.8, 4) is 0 Å². The minimum absolute atomic E-state index is 0.00579. The number of fused-ring (bicyclic) bond motifs is 1. The van der Waals surface area contributed by atoms with Gasteiger partial charge in [0.05, 0.1) is 17.5 Å². The summed E-state index contributed by atoms with van der Waals surface area (Å²) in [5.74, 6) is -0.0234. The Morgan fingerprint density at radius 2 is 2.31 bits per heavy atom. The normalized spacial score (nSPS) is 15.6. The SMILES string of the molecule is CC(=O)c1cnn2c1CCCC2=O. The van der Waals surface area contributed by atoms with Gasteiger partial charge in [0.1, 0.15) is 0 Å². The molecule has 2 heterocycles. The maximum Gasteiger partial charge on any atom is 0.247 e.